The van der Waals surface area contributed by atoms with Gasteiger partial charge in [0.15, 0.2) is 0 Å². The molecule has 0 heterocycles. The lowest BCUT2D eigenvalue weighted by Crippen LogP contribution is -2.53. The van der Waals surface area contributed by atoms with Crippen LogP contribution in [-0.4, -0.2) is 48.2 Å². The first-order valence-electron chi connectivity index (χ1n) is 8.45. The molecule has 0 aromatic heterocycles. The average molecular weight is 300 g/mol. The summed E-state index contributed by atoms with van der Waals surface area (Å²) in [6.45, 7) is 17.2. The average Bonchev–Trinajstić information content (AvgIpc) is 2.36. The zero-order valence-electron chi connectivity index (χ0n) is 15.2. The number of carbonyl (C=O) groups excluding carboxylic acids is 1. The van der Waals surface area contributed by atoms with Gasteiger partial charge in [-0.1, -0.05) is 6.92 Å². The molecule has 21 heavy (non-hydrogen) atoms. The Morgan fingerprint density at radius 1 is 1.19 bits per heavy atom. The van der Waals surface area contributed by atoms with Crippen molar-refractivity contribution in [3.05, 3.63) is 0 Å². The van der Waals surface area contributed by atoms with Gasteiger partial charge in [0.2, 0.25) is 0 Å². The third kappa shape index (κ3) is 7.82. The van der Waals surface area contributed by atoms with Crippen LogP contribution in [-0.2, 0) is 9.53 Å². The number of rotatable bonds is 11. The van der Waals surface area contributed by atoms with E-state index in [0.717, 1.165) is 32.4 Å². The molecule has 0 spiro atoms. The Labute approximate surface area is 131 Å². The lowest BCUT2D eigenvalue weighted by atomic mass is 9.94. The lowest BCUT2D eigenvalue weighted by molar-refractivity contribution is -0.151. The Hall–Kier alpha value is -0.610. The van der Waals surface area contributed by atoms with Gasteiger partial charge in [0.25, 0.3) is 0 Å². The van der Waals surface area contributed by atoms with Gasteiger partial charge in [-0.05, 0) is 73.9 Å². The van der Waals surface area contributed by atoms with Crippen LogP contribution in [0.4, 0.5) is 0 Å². The number of esters is 1. The van der Waals surface area contributed by atoms with E-state index in [4.69, 9.17) is 4.74 Å². The van der Waals surface area contributed by atoms with Gasteiger partial charge in [-0.2, -0.15) is 0 Å². The molecule has 0 bridgehead atoms. The first kappa shape index (κ1) is 20.4. The molecule has 0 aromatic rings. The summed E-state index contributed by atoms with van der Waals surface area (Å²) in [6.07, 6.45) is 2.96. The van der Waals surface area contributed by atoms with Crippen LogP contribution < -0.4 is 5.32 Å². The van der Waals surface area contributed by atoms with E-state index in [1.54, 1.807) is 0 Å². The third-order valence-corrected chi connectivity index (χ3v) is 3.70. The molecule has 1 N–H and O–H groups in total. The van der Waals surface area contributed by atoms with E-state index >= 15 is 0 Å². The molecular formula is C17H36N2O2. The minimum absolute atomic E-state index is 0.134. The van der Waals surface area contributed by atoms with Gasteiger partial charge in [0, 0.05) is 12.1 Å². The summed E-state index contributed by atoms with van der Waals surface area (Å²) < 4.78 is 5.25. The van der Waals surface area contributed by atoms with Crippen LogP contribution in [0.25, 0.3) is 0 Å². The van der Waals surface area contributed by atoms with Crippen molar-refractivity contribution in [2.24, 2.45) is 0 Å². The van der Waals surface area contributed by atoms with Crippen molar-refractivity contribution in [1.29, 1.82) is 0 Å². The first-order valence-corrected chi connectivity index (χ1v) is 8.45. The highest BCUT2D eigenvalue weighted by molar-refractivity contribution is 5.80. The maximum absolute atomic E-state index is 12.2. The van der Waals surface area contributed by atoms with E-state index in [-0.39, 0.29) is 12.0 Å². The summed E-state index contributed by atoms with van der Waals surface area (Å²) in [5, 5.41) is 3.38. The molecule has 0 amide bonds. The molecule has 0 aromatic carbocycles. The molecule has 0 radical (unpaired) electrons. The Kier molecular flexibility index (Phi) is 9.88. The minimum atomic E-state index is -0.584. The molecule has 4 heteroatoms. The van der Waals surface area contributed by atoms with Crippen molar-refractivity contribution in [3.63, 3.8) is 0 Å². The third-order valence-electron chi connectivity index (χ3n) is 3.70. The van der Waals surface area contributed by atoms with Gasteiger partial charge in [-0.25, -0.2) is 0 Å². The Morgan fingerprint density at radius 2 is 1.81 bits per heavy atom. The maximum atomic E-state index is 12.2. The zero-order valence-corrected chi connectivity index (χ0v) is 15.2. The van der Waals surface area contributed by atoms with E-state index < -0.39 is 5.54 Å². The van der Waals surface area contributed by atoms with Crippen molar-refractivity contribution in [2.45, 2.75) is 85.4 Å². The standard InChI is InChI=1S/C17H36N2O2/c1-8-12-19(15(5)6)13-10-11-17(7,18-14(3)4)16(20)21-9-2/h14-15,18H,8-13H2,1-7H3. The lowest BCUT2D eigenvalue weighted by Gasteiger charge is -2.32. The Bertz CT molecular complexity index is 293. The molecule has 0 saturated heterocycles. The molecule has 4 nitrogen and oxygen atoms in total. The minimum Gasteiger partial charge on any atom is -0.465 e. The van der Waals surface area contributed by atoms with Gasteiger partial charge in [0.1, 0.15) is 5.54 Å². The smallest absolute Gasteiger partial charge is 0.326 e. The normalized spacial score (nSPS) is 14.8. The fourth-order valence-corrected chi connectivity index (χ4v) is 2.71. The van der Waals surface area contributed by atoms with Crippen LogP contribution in [0.2, 0.25) is 0 Å². The van der Waals surface area contributed by atoms with Gasteiger partial charge < -0.3 is 9.64 Å². The van der Waals surface area contributed by atoms with Gasteiger partial charge in [0.05, 0.1) is 6.61 Å². The van der Waals surface area contributed by atoms with E-state index in [9.17, 15) is 4.79 Å². The Balaban J connectivity index is 4.57. The van der Waals surface area contributed by atoms with E-state index in [1.165, 1.54) is 0 Å². The summed E-state index contributed by atoms with van der Waals surface area (Å²) in [6, 6.07) is 0.813. The zero-order chi connectivity index (χ0) is 16.5. The molecular weight excluding hydrogens is 264 g/mol. The van der Waals surface area contributed by atoms with Crippen LogP contribution in [0.3, 0.4) is 0 Å². The van der Waals surface area contributed by atoms with Crippen LogP contribution in [0.1, 0.15) is 67.7 Å². The molecule has 0 aliphatic carbocycles. The SMILES string of the molecule is CCCN(CCCC(C)(NC(C)C)C(=O)OCC)C(C)C. The summed E-state index contributed by atoms with van der Waals surface area (Å²) in [7, 11) is 0. The highest BCUT2D eigenvalue weighted by atomic mass is 16.5. The monoisotopic (exact) mass is 300 g/mol. The fourth-order valence-electron chi connectivity index (χ4n) is 2.71. The van der Waals surface area contributed by atoms with Crippen molar-refractivity contribution in [1.82, 2.24) is 10.2 Å². The maximum Gasteiger partial charge on any atom is 0.326 e. The number of ether oxygens (including phenoxy) is 1. The number of nitrogens with one attached hydrogen (secondary N) is 1. The molecule has 0 rings (SSSR count). The predicted octanol–water partition coefficient (Wildman–Crippen LogP) is 3.21. The van der Waals surface area contributed by atoms with Crippen molar-refractivity contribution in [2.75, 3.05) is 19.7 Å². The summed E-state index contributed by atoms with van der Waals surface area (Å²) in [5.41, 5.74) is -0.584. The van der Waals surface area contributed by atoms with Crippen LogP contribution >= 0.6 is 0 Å². The molecule has 0 aliphatic heterocycles. The number of hydrogen-bond donors (Lipinski definition) is 1. The fraction of sp³-hybridized carbons (Fsp3) is 0.941. The van der Waals surface area contributed by atoms with Crippen molar-refractivity contribution in [3.8, 4) is 0 Å². The predicted molar refractivity (Wildman–Crippen MR) is 89.5 cm³/mol. The van der Waals surface area contributed by atoms with E-state index in [0.29, 0.717) is 12.6 Å². The van der Waals surface area contributed by atoms with Crippen LogP contribution in [0, 0.1) is 0 Å². The molecule has 1 unspecified atom stereocenters. The second kappa shape index (κ2) is 10.2. The second-order valence-electron chi connectivity index (χ2n) is 6.58. The quantitative estimate of drug-likeness (QED) is 0.595. The van der Waals surface area contributed by atoms with Crippen LogP contribution in [0.15, 0.2) is 0 Å². The van der Waals surface area contributed by atoms with Gasteiger partial charge >= 0.3 is 5.97 Å². The van der Waals surface area contributed by atoms with Crippen molar-refractivity contribution < 1.29 is 9.53 Å². The number of nitrogens with zero attached hydrogens (tertiary/aromatic N) is 1. The van der Waals surface area contributed by atoms with Gasteiger partial charge in [-0.15, -0.1) is 0 Å². The first-order chi connectivity index (χ1) is 9.76. The summed E-state index contributed by atoms with van der Waals surface area (Å²) in [4.78, 5) is 14.7. The molecule has 126 valence electrons. The summed E-state index contributed by atoms with van der Waals surface area (Å²) in [5.74, 6) is -0.134. The number of hydrogen-bond acceptors (Lipinski definition) is 4. The summed E-state index contributed by atoms with van der Waals surface area (Å²) >= 11 is 0. The molecule has 1 atom stereocenters. The highest BCUT2D eigenvalue weighted by Crippen LogP contribution is 2.17. The second-order valence-corrected chi connectivity index (χ2v) is 6.58. The topological polar surface area (TPSA) is 41.6 Å². The molecule has 0 aliphatic rings. The van der Waals surface area contributed by atoms with Crippen molar-refractivity contribution >= 4 is 5.97 Å². The molecule has 0 saturated carbocycles. The van der Waals surface area contributed by atoms with Gasteiger partial charge in [-0.3, -0.25) is 10.1 Å². The molecule has 0 fully saturated rings. The van der Waals surface area contributed by atoms with Crippen LogP contribution in [0.5, 0.6) is 0 Å². The van der Waals surface area contributed by atoms with E-state index in [2.05, 4.69) is 44.8 Å². The number of carbonyl (C=O) groups is 1. The highest BCUT2D eigenvalue weighted by Gasteiger charge is 2.34. The Morgan fingerprint density at radius 3 is 2.24 bits per heavy atom. The largest absolute Gasteiger partial charge is 0.465 e. The van der Waals surface area contributed by atoms with E-state index in [1.807, 2.05) is 13.8 Å².